The first kappa shape index (κ1) is 25.1. The van der Waals surface area contributed by atoms with Crippen molar-refractivity contribution in [2.75, 3.05) is 39.4 Å². The summed E-state index contributed by atoms with van der Waals surface area (Å²) in [5, 5.41) is 14.9. The van der Waals surface area contributed by atoms with Crippen LogP contribution in [0.5, 0.6) is 0 Å². The van der Waals surface area contributed by atoms with Gasteiger partial charge in [0, 0.05) is 26.2 Å². The van der Waals surface area contributed by atoms with Crippen molar-refractivity contribution in [3.05, 3.63) is 35.9 Å². The Morgan fingerprint density at radius 3 is 2.42 bits per heavy atom. The fraction of sp³-hybridized carbons (Fsp3) is 0.619. The lowest BCUT2D eigenvalue weighted by molar-refractivity contribution is -0.169. The van der Waals surface area contributed by atoms with Gasteiger partial charge in [0.25, 0.3) is 5.91 Å². The maximum Gasteiger partial charge on any atom is 0.351 e. The van der Waals surface area contributed by atoms with Gasteiger partial charge < -0.3 is 26.2 Å². The molecule has 1 saturated heterocycles. The van der Waals surface area contributed by atoms with Crippen LogP contribution in [0.4, 0.5) is 8.78 Å². The Bertz CT molecular complexity index is 715. The SMILES string of the molecule is CC(C)[C@H](NC(=O)C(N)c1ccccc1)C(O)C(F)(F)C(=O)NCCN1CCOCC1. The molecule has 1 heterocycles. The zero-order valence-corrected chi connectivity index (χ0v) is 17.9. The number of nitrogens with two attached hydrogens (primary N) is 1. The summed E-state index contributed by atoms with van der Waals surface area (Å²) >= 11 is 0. The second-order valence-corrected chi connectivity index (χ2v) is 7.94. The van der Waals surface area contributed by atoms with Crippen LogP contribution in [0.25, 0.3) is 0 Å². The number of ether oxygens (including phenoxy) is 1. The summed E-state index contributed by atoms with van der Waals surface area (Å²) in [7, 11) is 0. The van der Waals surface area contributed by atoms with Gasteiger partial charge in [-0.05, 0) is 11.5 Å². The number of amides is 2. The molecular weight excluding hydrogens is 410 g/mol. The summed E-state index contributed by atoms with van der Waals surface area (Å²) in [5.41, 5.74) is 6.42. The van der Waals surface area contributed by atoms with E-state index in [2.05, 4.69) is 10.6 Å². The van der Waals surface area contributed by atoms with E-state index in [1.165, 1.54) is 0 Å². The Morgan fingerprint density at radius 1 is 1.23 bits per heavy atom. The van der Waals surface area contributed by atoms with Crippen molar-refractivity contribution < 1.29 is 28.2 Å². The van der Waals surface area contributed by atoms with Crippen LogP contribution in [-0.2, 0) is 14.3 Å². The number of rotatable bonds is 10. The van der Waals surface area contributed by atoms with Gasteiger partial charge in [-0.2, -0.15) is 8.78 Å². The Morgan fingerprint density at radius 2 is 1.84 bits per heavy atom. The van der Waals surface area contributed by atoms with Crippen LogP contribution in [0.3, 0.4) is 0 Å². The maximum atomic E-state index is 14.7. The number of benzene rings is 1. The van der Waals surface area contributed by atoms with E-state index in [0.29, 0.717) is 38.4 Å². The van der Waals surface area contributed by atoms with Gasteiger partial charge in [0.15, 0.2) is 0 Å². The fourth-order valence-electron chi connectivity index (χ4n) is 3.31. The summed E-state index contributed by atoms with van der Waals surface area (Å²) in [6.45, 7) is 5.99. The van der Waals surface area contributed by atoms with Crippen molar-refractivity contribution in [2.24, 2.45) is 11.7 Å². The number of carbonyl (C=O) groups is 2. The molecule has 3 atom stereocenters. The van der Waals surface area contributed by atoms with Crippen LogP contribution >= 0.6 is 0 Å². The lowest BCUT2D eigenvalue weighted by Gasteiger charge is -2.33. The van der Waals surface area contributed by atoms with Gasteiger partial charge in [-0.15, -0.1) is 0 Å². The largest absolute Gasteiger partial charge is 0.384 e. The molecule has 1 aliphatic rings. The van der Waals surface area contributed by atoms with E-state index in [0.717, 1.165) is 0 Å². The van der Waals surface area contributed by atoms with Crippen molar-refractivity contribution in [1.82, 2.24) is 15.5 Å². The molecule has 8 nitrogen and oxygen atoms in total. The highest BCUT2D eigenvalue weighted by Gasteiger charge is 2.51. The molecule has 0 saturated carbocycles. The molecule has 0 radical (unpaired) electrons. The van der Waals surface area contributed by atoms with Crippen LogP contribution in [0.15, 0.2) is 30.3 Å². The first-order valence-corrected chi connectivity index (χ1v) is 10.4. The molecule has 0 bridgehead atoms. The zero-order valence-electron chi connectivity index (χ0n) is 17.9. The molecule has 174 valence electrons. The number of aliphatic hydroxyl groups excluding tert-OH is 1. The average Bonchev–Trinajstić information content (AvgIpc) is 2.77. The first-order valence-electron chi connectivity index (χ1n) is 10.4. The predicted molar refractivity (Wildman–Crippen MR) is 111 cm³/mol. The zero-order chi connectivity index (χ0) is 23.0. The molecule has 5 N–H and O–H groups in total. The van der Waals surface area contributed by atoms with Gasteiger partial charge in [0.1, 0.15) is 12.1 Å². The number of carbonyl (C=O) groups excluding carboxylic acids is 2. The molecular formula is C21H32F2N4O4. The van der Waals surface area contributed by atoms with E-state index in [9.17, 15) is 23.5 Å². The van der Waals surface area contributed by atoms with E-state index in [-0.39, 0.29) is 6.54 Å². The molecule has 1 fully saturated rings. The molecule has 2 rings (SSSR count). The third kappa shape index (κ3) is 6.93. The van der Waals surface area contributed by atoms with Crippen molar-refractivity contribution in [1.29, 1.82) is 0 Å². The highest BCUT2D eigenvalue weighted by atomic mass is 19.3. The minimum Gasteiger partial charge on any atom is -0.384 e. The third-order valence-corrected chi connectivity index (χ3v) is 5.30. The fourth-order valence-corrected chi connectivity index (χ4v) is 3.31. The Balaban J connectivity index is 1.96. The van der Waals surface area contributed by atoms with Crippen LogP contribution in [0, 0.1) is 5.92 Å². The van der Waals surface area contributed by atoms with Gasteiger partial charge in [0.05, 0.1) is 19.3 Å². The van der Waals surface area contributed by atoms with Crippen LogP contribution in [0.2, 0.25) is 0 Å². The monoisotopic (exact) mass is 442 g/mol. The Hall–Kier alpha value is -2.14. The Labute approximate surface area is 181 Å². The molecule has 10 heteroatoms. The van der Waals surface area contributed by atoms with E-state index < -0.39 is 41.8 Å². The number of morpholine rings is 1. The van der Waals surface area contributed by atoms with Crippen LogP contribution < -0.4 is 16.4 Å². The standard InChI is InChI=1S/C21H32F2N4O4/c1-14(2)17(26-19(29)16(24)15-6-4-3-5-7-15)18(28)21(22,23)20(30)25-8-9-27-10-12-31-13-11-27/h3-7,14,16-18,28H,8-13,24H2,1-2H3,(H,25,30)(H,26,29)/t16?,17-,18?/m0/s1. The van der Waals surface area contributed by atoms with E-state index >= 15 is 0 Å². The van der Waals surface area contributed by atoms with E-state index in [1.807, 2.05) is 4.90 Å². The van der Waals surface area contributed by atoms with Crippen molar-refractivity contribution >= 4 is 11.8 Å². The molecule has 0 spiro atoms. The van der Waals surface area contributed by atoms with Gasteiger partial charge in [-0.25, -0.2) is 0 Å². The summed E-state index contributed by atoms with van der Waals surface area (Å²) in [5.74, 6) is -6.97. The van der Waals surface area contributed by atoms with Crippen LogP contribution in [0.1, 0.15) is 25.5 Å². The lowest BCUT2D eigenvalue weighted by Crippen LogP contribution is -2.60. The molecule has 0 aliphatic carbocycles. The van der Waals surface area contributed by atoms with Gasteiger partial charge in [0.2, 0.25) is 5.91 Å². The van der Waals surface area contributed by atoms with Crippen molar-refractivity contribution in [3.63, 3.8) is 0 Å². The summed E-state index contributed by atoms with van der Waals surface area (Å²) in [4.78, 5) is 26.6. The minimum atomic E-state index is -4.09. The second kappa shape index (κ2) is 11.5. The van der Waals surface area contributed by atoms with E-state index in [1.54, 1.807) is 44.2 Å². The number of alkyl halides is 2. The smallest absolute Gasteiger partial charge is 0.351 e. The normalized spacial score (nSPS) is 18.3. The van der Waals surface area contributed by atoms with Gasteiger partial charge in [-0.3, -0.25) is 14.5 Å². The number of halogens is 2. The summed E-state index contributed by atoms with van der Waals surface area (Å²) < 4.78 is 34.6. The minimum absolute atomic E-state index is 0.0126. The molecule has 1 aromatic carbocycles. The summed E-state index contributed by atoms with van der Waals surface area (Å²) in [6, 6.07) is 5.98. The quantitative estimate of drug-likeness (QED) is 0.413. The highest BCUT2D eigenvalue weighted by Crippen LogP contribution is 2.25. The topological polar surface area (TPSA) is 117 Å². The van der Waals surface area contributed by atoms with E-state index in [4.69, 9.17) is 10.5 Å². The number of hydrogen-bond acceptors (Lipinski definition) is 6. The summed E-state index contributed by atoms with van der Waals surface area (Å²) in [6.07, 6.45) is -2.41. The molecule has 2 amide bonds. The second-order valence-electron chi connectivity index (χ2n) is 7.94. The van der Waals surface area contributed by atoms with Crippen LogP contribution in [-0.4, -0.2) is 79.3 Å². The molecule has 31 heavy (non-hydrogen) atoms. The third-order valence-electron chi connectivity index (χ3n) is 5.30. The lowest BCUT2D eigenvalue weighted by atomic mass is 9.93. The number of nitrogens with zero attached hydrogens (tertiary/aromatic N) is 1. The molecule has 1 aliphatic heterocycles. The number of aliphatic hydroxyl groups is 1. The van der Waals surface area contributed by atoms with Gasteiger partial charge >= 0.3 is 5.92 Å². The van der Waals surface area contributed by atoms with Gasteiger partial charge in [-0.1, -0.05) is 44.2 Å². The number of nitrogens with one attached hydrogen (secondary N) is 2. The number of hydrogen-bond donors (Lipinski definition) is 4. The average molecular weight is 443 g/mol. The molecule has 0 aromatic heterocycles. The molecule has 2 unspecified atom stereocenters. The Kier molecular flexibility index (Phi) is 9.30. The highest BCUT2D eigenvalue weighted by molar-refractivity contribution is 5.85. The van der Waals surface area contributed by atoms with Crippen molar-refractivity contribution in [3.8, 4) is 0 Å². The predicted octanol–water partition coefficient (Wildman–Crippen LogP) is 0.272. The first-order chi connectivity index (χ1) is 14.6. The molecule has 1 aromatic rings. The van der Waals surface area contributed by atoms with Crippen molar-refractivity contribution in [2.45, 2.75) is 38.0 Å². The maximum absolute atomic E-state index is 14.7.